The maximum absolute atomic E-state index is 15.0. The fourth-order valence-electron chi connectivity index (χ4n) is 10.2. The summed E-state index contributed by atoms with van der Waals surface area (Å²) in [6, 6.07) is 71.6. The molecule has 0 saturated carbocycles. The van der Waals surface area contributed by atoms with Crippen molar-refractivity contribution >= 4 is 74.4 Å². The Morgan fingerprint density at radius 1 is 0.382 bits per heavy atom. The van der Waals surface area contributed by atoms with Crippen LogP contribution in [0.4, 0.5) is 26.3 Å². The molecule has 0 radical (unpaired) electrons. The van der Waals surface area contributed by atoms with Gasteiger partial charge in [0.15, 0.2) is 0 Å². The molecule has 76 heavy (non-hydrogen) atoms. The van der Waals surface area contributed by atoms with Crippen molar-refractivity contribution in [3.8, 4) is 5.75 Å². The first-order valence-corrected chi connectivity index (χ1v) is 31.8. The number of hydrogen-bond acceptors (Lipinski definition) is 5. The summed E-state index contributed by atoms with van der Waals surface area (Å²) in [5, 5.41) is 3.72. The Kier molecular flexibility index (Phi) is 15.6. The molecule has 9 aromatic carbocycles. The summed E-state index contributed by atoms with van der Waals surface area (Å²) in [5.74, 6) is -0.826. The van der Waals surface area contributed by atoms with E-state index in [9.17, 15) is 34.8 Å². The molecule has 0 N–H and O–H groups in total. The van der Waals surface area contributed by atoms with Crippen LogP contribution in [0.25, 0.3) is 0 Å². The van der Waals surface area contributed by atoms with Gasteiger partial charge in [-0.05, 0) is 0 Å². The van der Waals surface area contributed by atoms with Crippen LogP contribution in [-0.2, 0) is 55.2 Å². The van der Waals surface area contributed by atoms with E-state index < -0.39 is 71.8 Å². The number of rotatable bonds is 18. The van der Waals surface area contributed by atoms with Crippen LogP contribution < -0.4 is 36.5 Å². The van der Waals surface area contributed by atoms with E-state index in [4.69, 9.17) is 13.5 Å². The molecule has 0 aromatic heterocycles. The third kappa shape index (κ3) is 10.4. The van der Waals surface area contributed by atoms with E-state index >= 15 is 0 Å². The Morgan fingerprint density at radius 3 is 0.855 bits per heavy atom. The van der Waals surface area contributed by atoms with Gasteiger partial charge in [-0.3, -0.25) is 0 Å². The van der Waals surface area contributed by atoms with Crippen molar-refractivity contribution in [3.63, 3.8) is 0 Å². The first kappa shape index (κ1) is 54.3. The molecular weight excluding hydrogens is 1050 g/mol. The number of benzene rings is 9. The van der Waals surface area contributed by atoms with E-state index in [0.29, 0.717) is 64.9 Å². The molecule has 2 unspecified atom stereocenters. The van der Waals surface area contributed by atoms with Gasteiger partial charge in [0.2, 0.25) is 0 Å². The van der Waals surface area contributed by atoms with Crippen molar-refractivity contribution in [3.05, 3.63) is 271 Å². The summed E-state index contributed by atoms with van der Waals surface area (Å²) in [7, 11) is -4.88. The van der Waals surface area contributed by atoms with Crippen molar-refractivity contribution in [2.45, 2.75) is 34.5 Å². The zero-order chi connectivity index (χ0) is 53.7. The summed E-state index contributed by atoms with van der Waals surface area (Å²) in [6.07, 6.45) is -7.27. The predicted octanol–water partition coefficient (Wildman–Crippen LogP) is 12.9. The van der Waals surface area contributed by atoms with E-state index in [0.717, 1.165) is 0 Å². The Morgan fingerprint density at radius 2 is 0.632 bits per heavy atom. The molecule has 0 aliphatic rings. The SMILES string of the molecule is CS(=O)c1ccc(CP(OB(Oc2cc(C(F)(F)F)cc(C(F)(F)F)c2)OP(Cc2ccc(S(C)=O)cc2)(c2ccccc2)(c2ccccc2)c2ccccc2)(c2ccccc2)(c2ccccc2)c2ccccc2)cc1. The summed E-state index contributed by atoms with van der Waals surface area (Å²) < 4.78 is 139. The van der Waals surface area contributed by atoms with Gasteiger partial charge in [0.25, 0.3) is 0 Å². The second-order valence-electron chi connectivity index (χ2n) is 18.3. The molecule has 9 aromatic rings. The van der Waals surface area contributed by atoms with Gasteiger partial charge in [-0.2, -0.15) is 0 Å². The quantitative estimate of drug-likeness (QED) is 0.0487. The Balaban J connectivity index is 1.47. The zero-order valence-electron chi connectivity index (χ0n) is 41.2. The van der Waals surface area contributed by atoms with Gasteiger partial charge in [-0.1, -0.05) is 0 Å². The van der Waals surface area contributed by atoms with Crippen LogP contribution in [0.2, 0.25) is 0 Å². The number of halogens is 6. The van der Waals surface area contributed by atoms with E-state index in [1.165, 1.54) is 0 Å². The fraction of sp³-hybridized carbons (Fsp3) is 0.100. The summed E-state index contributed by atoms with van der Waals surface area (Å²) in [4.78, 5) is 1.12. The van der Waals surface area contributed by atoms with E-state index in [1.54, 1.807) is 36.8 Å². The molecule has 0 aliphatic heterocycles. The standard InChI is InChI=1S/C60H51BF6O5P2S2/c1-75(68)57-37-33-46(34-38-57)44-73(51-21-9-3-10-22-51,52-23-11-4-12-24-52,53-25-13-5-14-26-53)71-61(70-50-42-48(59(62,63)64)41-49(43-50)60(65,66)67)72-74(54-27-15-6-16-28-54,55-29-17-7-18-30-55,56-31-19-8-20-32-56)45-47-35-39-58(40-36-47)76(2)69/h3-43H,44-45H2,1-2H3. The van der Waals surface area contributed by atoms with Gasteiger partial charge >= 0.3 is 446 Å². The third-order valence-electron chi connectivity index (χ3n) is 13.7. The minimum atomic E-state index is -5.24. The molecule has 16 heteroatoms. The van der Waals surface area contributed by atoms with Crippen molar-refractivity contribution in [2.75, 3.05) is 12.5 Å². The van der Waals surface area contributed by atoms with Gasteiger partial charge in [0.05, 0.1) is 0 Å². The van der Waals surface area contributed by atoms with Gasteiger partial charge in [-0.25, -0.2) is 0 Å². The summed E-state index contributed by atoms with van der Waals surface area (Å²) >= 11 is 0. The molecule has 0 spiro atoms. The van der Waals surface area contributed by atoms with Crippen molar-refractivity contribution in [1.82, 2.24) is 0 Å². The molecule has 0 heterocycles. The normalized spacial score (nSPS) is 14.1. The zero-order valence-corrected chi connectivity index (χ0v) is 44.6. The Labute approximate surface area is 444 Å². The second kappa shape index (κ2) is 21.9. The molecule has 0 saturated heterocycles. The first-order valence-electron chi connectivity index (χ1n) is 24.0. The van der Waals surface area contributed by atoms with Crippen LogP contribution in [-0.4, -0.2) is 28.3 Å². The summed E-state index contributed by atoms with van der Waals surface area (Å²) in [5.41, 5.74) is -1.81. The fourth-order valence-corrected chi connectivity index (χ4v) is 22.6. The maximum atomic E-state index is 15.0. The van der Waals surface area contributed by atoms with Crippen LogP contribution in [0.3, 0.4) is 0 Å². The second-order valence-corrected chi connectivity index (χ2v) is 30.1. The van der Waals surface area contributed by atoms with E-state index in [-0.39, 0.29) is 18.4 Å². The van der Waals surface area contributed by atoms with Crippen molar-refractivity contribution in [2.24, 2.45) is 0 Å². The molecular formula is C60H51BF6O5P2S2. The van der Waals surface area contributed by atoms with Gasteiger partial charge < -0.3 is 0 Å². The summed E-state index contributed by atoms with van der Waals surface area (Å²) in [6.45, 7) is -9.94. The molecule has 0 bridgehead atoms. The topological polar surface area (TPSA) is 61.8 Å². The van der Waals surface area contributed by atoms with Crippen LogP contribution >= 0.6 is 13.7 Å². The van der Waals surface area contributed by atoms with Crippen LogP contribution in [0.1, 0.15) is 22.3 Å². The van der Waals surface area contributed by atoms with Crippen molar-refractivity contribution in [1.29, 1.82) is 0 Å². The average Bonchev–Trinajstić information content (AvgIpc) is 3.45. The molecule has 0 fully saturated rings. The Bertz CT molecular complexity index is 3030. The predicted molar refractivity (Wildman–Crippen MR) is 300 cm³/mol. The molecule has 5 nitrogen and oxygen atoms in total. The minimum absolute atomic E-state index is 0.0352. The third-order valence-corrected chi connectivity index (χ3v) is 27.2. The molecule has 388 valence electrons. The number of alkyl halides is 6. The van der Waals surface area contributed by atoms with Crippen LogP contribution in [0, 0.1) is 0 Å². The average molecular weight is 1100 g/mol. The molecule has 9 rings (SSSR count). The molecule has 0 amide bonds. The first-order chi connectivity index (χ1) is 36.4. The van der Waals surface area contributed by atoms with Crippen molar-refractivity contribution < 1.29 is 48.3 Å². The van der Waals surface area contributed by atoms with Gasteiger partial charge in [0.1, 0.15) is 0 Å². The van der Waals surface area contributed by atoms with Crippen LogP contribution in [0.5, 0.6) is 5.75 Å². The van der Waals surface area contributed by atoms with E-state index in [2.05, 4.69) is 0 Å². The van der Waals surface area contributed by atoms with E-state index in [1.807, 2.05) is 206 Å². The van der Waals surface area contributed by atoms with Gasteiger partial charge in [-0.15, -0.1) is 0 Å². The Hall–Kier alpha value is -6.50. The van der Waals surface area contributed by atoms with Gasteiger partial charge in [0, 0.05) is 0 Å². The molecule has 0 aliphatic carbocycles. The number of hydrogen-bond donors (Lipinski definition) is 0. The monoisotopic (exact) mass is 1100 g/mol. The molecule has 2 atom stereocenters. The van der Waals surface area contributed by atoms with Crippen LogP contribution in [0.15, 0.2) is 259 Å².